The van der Waals surface area contributed by atoms with Gasteiger partial charge in [0.1, 0.15) is 0 Å². The maximum Gasteiger partial charge on any atom is 0.333 e. The zero-order chi connectivity index (χ0) is 27.8. The molecule has 0 atom stereocenters. The van der Waals surface area contributed by atoms with Gasteiger partial charge in [-0.1, -0.05) is 29.8 Å². The second kappa shape index (κ2) is 10.7. The lowest BCUT2D eigenvalue weighted by molar-refractivity contribution is 0.0919. The molecule has 0 aliphatic heterocycles. The van der Waals surface area contributed by atoms with Crippen molar-refractivity contribution in [2.45, 2.75) is 52.1 Å². The number of fused-ring (bicyclic) bond motifs is 1. The number of rotatable bonds is 6. The molecule has 1 amide bonds. The standard InChI is InChI=1S/C30H29ClN6O3/c1-18-25(15-22(31)16-32-18)28(38)33-23-12-10-20(11-13-23)17-36-26-8-3-4-9-27(26)37(30(36)39)24-7-5-6-21(14-24)29-35-34-19(2)40-29/h3-9,14-16,20,23H,10-13,17H2,1-2H3,(H,33,38). The first-order valence-corrected chi connectivity index (χ1v) is 13.8. The predicted octanol–water partition coefficient (Wildman–Crippen LogP) is 5.50. The lowest BCUT2D eigenvalue weighted by Gasteiger charge is -2.29. The van der Waals surface area contributed by atoms with E-state index in [2.05, 4.69) is 20.5 Å². The lowest BCUT2D eigenvalue weighted by Crippen LogP contribution is -2.39. The lowest BCUT2D eigenvalue weighted by atomic mass is 9.85. The summed E-state index contributed by atoms with van der Waals surface area (Å²) in [5.74, 6) is 1.09. The monoisotopic (exact) mass is 556 g/mol. The number of para-hydroxylation sites is 2. The zero-order valence-electron chi connectivity index (χ0n) is 22.3. The Hall–Kier alpha value is -4.24. The van der Waals surface area contributed by atoms with Crippen LogP contribution < -0.4 is 11.0 Å². The summed E-state index contributed by atoms with van der Waals surface area (Å²) < 4.78 is 9.23. The first-order chi connectivity index (χ1) is 19.4. The number of carbonyl (C=O) groups excluding carboxylic acids is 1. The Morgan fingerprint density at radius 1 is 1.02 bits per heavy atom. The van der Waals surface area contributed by atoms with Crippen LogP contribution in [0.5, 0.6) is 0 Å². The minimum absolute atomic E-state index is 0.0799. The maximum atomic E-state index is 13.8. The minimum Gasteiger partial charge on any atom is -0.421 e. The topological polar surface area (TPSA) is 108 Å². The highest BCUT2D eigenvalue weighted by atomic mass is 35.5. The van der Waals surface area contributed by atoms with E-state index in [0.717, 1.165) is 48.0 Å². The van der Waals surface area contributed by atoms with Crippen molar-refractivity contribution in [3.05, 3.63) is 93.4 Å². The first-order valence-electron chi connectivity index (χ1n) is 13.4. The average molecular weight is 557 g/mol. The van der Waals surface area contributed by atoms with Gasteiger partial charge in [-0.2, -0.15) is 0 Å². The molecule has 0 radical (unpaired) electrons. The highest BCUT2D eigenvalue weighted by Gasteiger charge is 2.26. The van der Waals surface area contributed by atoms with Gasteiger partial charge in [0.25, 0.3) is 5.91 Å². The van der Waals surface area contributed by atoms with E-state index in [-0.39, 0.29) is 17.6 Å². The number of amides is 1. The van der Waals surface area contributed by atoms with Crippen LogP contribution in [0.25, 0.3) is 28.2 Å². The van der Waals surface area contributed by atoms with Gasteiger partial charge in [-0.25, -0.2) is 4.79 Å². The van der Waals surface area contributed by atoms with Gasteiger partial charge in [-0.15, -0.1) is 10.2 Å². The fraction of sp³-hybridized carbons (Fsp3) is 0.300. The molecule has 1 saturated carbocycles. The molecule has 2 aromatic carbocycles. The van der Waals surface area contributed by atoms with Crippen LogP contribution >= 0.6 is 11.6 Å². The summed E-state index contributed by atoms with van der Waals surface area (Å²) in [6, 6.07) is 17.2. The molecule has 1 aliphatic carbocycles. The molecule has 40 heavy (non-hydrogen) atoms. The summed E-state index contributed by atoms with van der Waals surface area (Å²) in [6.45, 7) is 4.17. The number of benzene rings is 2. The van der Waals surface area contributed by atoms with Gasteiger partial charge in [0.2, 0.25) is 11.8 Å². The minimum atomic E-state index is -0.145. The van der Waals surface area contributed by atoms with Crippen molar-refractivity contribution in [3.63, 3.8) is 0 Å². The van der Waals surface area contributed by atoms with Crippen molar-refractivity contribution < 1.29 is 9.21 Å². The fourth-order valence-corrected chi connectivity index (χ4v) is 5.73. The summed E-state index contributed by atoms with van der Waals surface area (Å²) in [5.41, 5.74) is 4.32. The molecule has 0 spiro atoms. The van der Waals surface area contributed by atoms with Gasteiger partial charge < -0.3 is 9.73 Å². The molecule has 1 aliphatic rings. The predicted molar refractivity (Wildman–Crippen MR) is 153 cm³/mol. The van der Waals surface area contributed by atoms with Gasteiger partial charge >= 0.3 is 5.69 Å². The molecule has 1 fully saturated rings. The SMILES string of the molecule is Cc1nnc(-c2cccc(-n3c(=O)n(CC4CCC(NC(=O)c5cc(Cl)cnc5C)CC4)c4ccccc43)c2)o1. The second-order valence-corrected chi connectivity index (χ2v) is 10.8. The first kappa shape index (κ1) is 26.0. The number of hydrogen-bond donors (Lipinski definition) is 1. The Morgan fingerprint density at radius 3 is 2.55 bits per heavy atom. The summed E-state index contributed by atoms with van der Waals surface area (Å²) in [4.78, 5) is 30.9. The molecule has 3 heterocycles. The number of aromatic nitrogens is 5. The van der Waals surface area contributed by atoms with Crippen LogP contribution in [0.2, 0.25) is 5.02 Å². The van der Waals surface area contributed by atoms with Crippen LogP contribution in [0.1, 0.15) is 47.6 Å². The number of pyridine rings is 1. The van der Waals surface area contributed by atoms with Gasteiger partial charge in [0, 0.05) is 31.3 Å². The molecular weight excluding hydrogens is 528 g/mol. The van der Waals surface area contributed by atoms with Crippen molar-refractivity contribution in [3.8, 4) is 17.1 Å². The molecule has 0 bridgehead atoms. The number of nitrogens with zero attached hydrogens (tertiary/aromatic N) is 5. The van der Waals surface area contributed by atoms with Crippen molar-refractivity contribution in [2.75, 3.05) is 0 Å². The summed E-state index contributed by atoms with van der Waals surface area (Å²) in [7, 11) is 0. The van der Waals surface area contributed by atoms with Crippen LogP contribution in [0.3, 0.4) is 0 Å². The average Bonchev–Trinajstić information content (AvgIpc) is 3.52. The molecular formula is C30H29ClN6O3. The normalized spacial score (nSPS) is 17.3. The number of nitrogens with one attached hydrogen (secondary N) is 1. The van der Waals surface area contributed by atoms with E-state index in [0.29, 0.717) is 40.5 Å². The third-order valence-electron chi connectivity index (χ3n) is 7.63. The molecule has 3 aromatic heterocycles. The van der Waals surface area contributed by atoms with E-state index in [1.54, 1.807) is 30.7 Å². The zero-order valence-corrected chi connectivity index (χ0v) is 23.1. The molecule has 5 aromatic rings. The van der Waals surface area contributed by atoms with E-state index in [1.807, 2.05) is 53.1 Å². The van der Waals surface area contributed by atoms with Crippen molar-refractivity contribution >= 4 is 28.5 Å². The van der Waals surface area contributed by atoms with Crippen LogP contribution in [-0.2, 0) is 6.54 Å². The van der Waals surface area contributed by atoms with E-state index in [1.165, 1.54) is 0 Å². The van der Waals surface area contributed by atoms with Gasteiger partial charge in [-0.3, -0.25) is 18.9 Å². The molecule has 6 rings (SSSR count). The number of aryl methyl sites for hydroxylation is 2. The molecule has 10 heteroatoms. The Labute approximate surface area is 235 Å². The third kappa shape index (κ3) is 5.04. The summed E-state index contributed by atoms with van der Waals surface area (Å²) >= 11 is 6.05. The van der Waals surface area contributed by atoms with E-state index in [4.69, 9.17) is 16.0 Å². The Morgan fingerprint density at radius 2 is 1.80 bits per heavy atom. The molecule has 0 unspecified atom stereocenters. The smallest absolute Gasteiger partial charge is 0.333 e. The highest BCUT2D eigenvalue weighted by molar-refractivity contribution is 6.30. The second-order valence-electron chi connectivity index (χ2n) is 10.4. The molecule has 0 saturated heterocycles. The molecule has 204 valence electrons. The van der Waals surface area contributed by atoms with Crippen molar-refractivity contribution in [2.24, 2.45) is 5.92 Å². The highest BCUT2D eigenvalue weighted by Crippen LogP contribution is 2.28. The fourth-order valence-electron chi connectivity index (χ4n) is 5.57. The van der Waals surface area contributed by atoms with Crippen LogP contribution in [0.15, 0.2) is 70.0 Å². The van der Waals surface area contributed by atoms with Gasteiger partial charge in [0.05, 0.1) is 33.0 Å². The maximum absolute atomic E-state index is 13.8. The quantitative estimate of drug-likeness (QED) is 0.296. The number of halogens is 1. The number of hydrogen-bond acceptors (Lipinski definition) is 6. The molecule has 1 N–H and O–H groups in total. The number of carbonyl (C=O) groups is 1. The Kier molecular flexibility index (Phi) is 6.98. The van der Waals surface area contributed by atoms with Crippen molar-refractivity contribution in [1.82, 2.24) is 29.6 Å². The van der Waals surface area contributed by atoms with Crippen LogP contribution in [0.4, 0.5) is 0 Å². The van der Waals surface area contributed by atoms with E-state index in [9.17, 15) is 9.59 Å². The number of imidazole rings is 1. The van der Waals surface area contributed by atoms with Crippen LogP contribution in [0, 0.1) is 19.8 Å². The third-order valence-corrected chi connectivity index (χ3v) is 7.84. The van der Waals surface area contributed by atoms with E-state index < -0.39 is 0 Å². The Balaban J connectivity index is 1.20. The van der Waals surface area contributed by atoms with E-state index >= 15 is 0 Å². The largest absolute Gasteiger partial charge is 0.421 e. The van der Waals surface area contributed by atoms with Gasteiger partial charge in [0.15, 0.2) is 0 Å². The summed E-state index contributed by atoms with van der Waals surface area (Å²) in [5, 5.41) is 11.6. The van der Waals surface area contributed by atoms with Crippen LogP contribution in [-0.4, -0.2) is 36.3 Å². The van der Waals surface area contributed by atoms with Gasteiger partial charge in [-0.05, 0) is 74.9 Å². The summed E-state index contributed by atoms with van der Waals surface area (Å²) in [6.07, 6.45) is 5.07. The molecule has 9 nitrogen and oxygen atoms in total. The van der Waals surface area contributed by atoms with Crippen molar-refractivity contribution in [1.29, 1.82) is 0 Å². The Bertz CT molecular complexity index is 1760.